The molecule has 0 spiro atoms. The van der Waals surface area contributed by atoms with Crippen molar-refractivity contribution in [3.05, 3.63) is 42.1 Å². The van der Waals surface area contributed by atoms with Gasteiger partial charge >= 0.3 is 0 Å². The van der Waals surface area contributed by atoms with Gasteiger partial charge in [-0.25, -0.2) is 9.97 Å². The summed E-state index contributed by atoms with van der Waals surface area (Å²) in [7, 11) is 1.55. The lowest BCUT2D eigenvalue weighted by molar-refractivity contribution is 0.0704. The third-order valence-corrected chi connectivity index (χ3v) is 3.81. The molecule has 1 atom stereocenters. The number of pyridine rings is 1. The number of H-pyrrole nitrogens is 1. The lowest BCUT2D eigenvalue weighted by Gasteiger charge is -2.32. The van der Waals surface area contributed by atoms with E-state index in [-0.39, 0.29) is 11.8 Å². The highest BCUT2D eigenvalue weighted by Crippen LogP contribution is 2.25. The second-order valence-corrected chi connectivity index (χ2v) is 5.15. The molecule has 3 rings (SSSR count). The molecule has 0 unspecified atom stereocenters. The highest BCUT2D eigenvalue weighted by atomic mass is 16.5. The number of nitrogens with zero attached hydrogens (tertiary/aromatic N) is 3. The number of hydrogen-bond acceptors (Lipinski definition) is 4. The Bertz CT molecular complexity index is 612. The predicted molar refractivity (Wildman–Crippen MR) is 77.3 cm³/mol. The van der Waals surface area contributed by atoms with Crippen molar-refractivity contribution in [1.29, 1.82) is 0 Å². The van der Waals surface area contributed by atoms with E-state index in [2.05, 4.69) is 15.0 Å². The zero-order valence-electron chi connectivity index (χ0n) is 12.0. The van der Waals surface area contributed by atoms with Crippen molar-refractivity contribution in [1.82, 2.24) is 19.9 Å². The average Bonchev–Trinajstić information content (AvgIpc) is 3.09. The minimum absolute atomic E-state index is 0.0203. The number of ether oxygens (including phenoxy) is 1. The first-order valence-electron chi connectivity index (χ1n) is 7.06. The van der Waals surface area contributed by atoms with Crippen LogP contribution >= 0.6 is 0 Å². The van der Waals surface area contributed by atoms with E-state index in [9.17, 15) is 4.79 Å². The third-order valence-electron chi connectivity index (χ3n) is 3.81. The lowest BCUT2D eigenvalue weighted by atomic mass is 9.97. The van der Waals surface area contributed by atoms with E-state index < -0.39 is 0 Å². The summed E-state index contributed by atoms with van der Waals surface area (Å²) < 4.78 is 5.08. The molecule has 0 bridgehead atoms. The van der Waals surface area contributed by atoms with Crippen LogP contribution in [-0.2, 0) is 0 Å². The molecule has 1 fully saturated rings. The van der Waals surface area contributed by atoms with Crippen molar-refractivity contribution in [3.8, 4) is 5.88 Å². The number of rotatable bonds is 3. The van der Waals surface area contributed by atoms with Gasteiger partial charge in [-0.2, -0.15) is 0 Å². The Kier molecular flexibility index (Phi) is 3.85. The fraction of sp³-hybridized carbons (Fsp3) is 0.400. The molecule has 1 amide bonds. The fourth-order valence-corrected chi connectivity index (χ4v) is 2.72. The Labute approximate surface area is 123 Å². The normalized spacial score (nSPS) is 18.5. The van der Waals surface area contributed by atoms with E-state index in [1.165, 1.54) is 0 Å². The maximum atomic E-state index is 12.6. The molecule has 0 aliphatic carbocycles. The van der Waals surface area contributed by atoms with Crippen LogP contribution in [0.4, 0.5) is 0 Å². The number of carbonyl (C=O) groups excluding carboxylic acids is 1. The molecule has 0 aromatic carbocycles. The molecule has 1 N–H and O–H groups in total. The molecule has 6 nitrogen and oxygen atoms in total. The van der Waals surface area contributed by atoms with Crippen LogP contribution in [0.2, 0.25) is 0 Å². The first kappa shape index (κ1) is 13.6. The summed E-state index contributed by atoms with van der Waals surface area (Å²) >= 11 is 0. The number of hydrogen-bond donors (Lipinski definition) is 1. The number of imidazole rings is 1. The second kappa shape index (κ2) is 5.95. The summed E-state index contributed by atoms with van der Waals surface area (Å²) in [5.41, 5.74) is 0.613. The van der Waals surface area contributed by atoms with E-state index in [0.29, 0.717) is 18.0 Å². The van der Waals surface area contributed by atoms with Crippen molar-refractivity contribution in [2.75, 3.05) is 20.2 Å². The maximum absolute atomic E-state index is 12.6. The Morgan fingerprint density at radius 2 is 2.33 bits per heavy atom. The predicted octanol–water partition coefficient (Wildman–Crippen LogP) is 1.83. The molecule has 0 saturated carbocycles. The molecule has 110 valence electrons. The number of carbonyl (C=O) groups is 1. The van der Waals surface area contributed by atoms with Gasteiger partial charge in [0, 0.05) is 49.2 Å². The van der Waals surface area contributed by atoms with E-state index in [1.54, 1.807) is 31.6 Å². The number of aromatic amines is 1. The highest BCUT2D eigenvalue weighted by molar-refractivity contribution is 5.94. The number of piperidine rings is 1. The van der Waals surface area contributed by atoms with Crippen LogP contribution in [0, 0.1) is 0 Å². The quantitative estimate of drug-likeness (QED) is 0.934. The van der Waals surface area contributed by atoms with Crippen molar-refractivity contribution >= 4 is 5.91 Å². The summed E-state index contributed by atoms with van der Waals surface area (Å²) in [6, 6.07) is 3.40. The third kappa shape index (κ3) is 2.89. The molecule has 2 aromatic heterocycles. The van der Waals surface area contributed by atoms with Gasteiger partial charge in [0.15, 0.2) is 0 Å². The standard InChI is InChI=1S/C15H18N4O2/c1-21-13-9-11(4-5-16-13)15(20)19-8-2-3-12(10-19)14-17-6-7-18-14/h4-7,9,12H,2-3,8,10H2,1H3,(H,17,18)/t12-/m1/s1. The van der Waals surface area contributed by atoms with Crippen LogP contribution < -0.4 is 4.74 Å². The first-order valence-corrected chi connectivity index (χ1v) is 7.06. The zero-order valence-corrected chi connectivity index (χ0v) is 12.0. The van der Waals surface area contributed by atoms with Crippen LogP contribution in [0.3, 0.4) is 0 Å². The minimum Gasteiger partial charge on any atom is -0.481 e. The summed E-state index contributed by atoms with van der Waals surface area (Å²) in [5.74, 6) is 1.72. The Balaban J connectivity index is 1.74. The first-order chi connectivity index (χ1) is 10.3. The van der Waals surface area contributed by atoms with Gasteiger partial charge in [0.1, 0.15) is 5.82 Å². The molecule has 21 heavy (non-hydrogen) atoms. The topological polar surface area (TPSA) is 71.1 Å². The average molecular weight is 286 g/mol. The van der Waals surface area contributed by atoms with Crippen LogP contribution in [0.5, 0.6) is 5.88 Å². The van der Waals surface area contributed by atoms with Gasteiger partial charge in [-0.3, -0.25) is 4.79 Å². The fourth-order valence-electron chi connectivity index (χ4n) is 2.72. The zero-order chi connectivity index (χ0) is 14.7. The van der Waals surface area contributed by atoms with E-state index >= 15 is 0 Å². The molecule has 1 aliphatic heterocycles. The monoisotopic (exact) mass is 286 g/mol. The molecule has 6 heteroatoms. The molecule has 0 radical (unpaired) electrons. The maximum Gasteiger partial charge on any atom is 0.254 e. The van der Waals surface area contributed by atoms with Crippen LogP contribution in [-0.4, -0.2) is 46.0 Å². The number of methoxy groups -OCH3 is 1. The summed E-state index contributed by atoms with van der Waals surface area (Å²) in [5, 5.41) is 0. The molecular weight excluding hydrogens is 268 g/mol. The summed E-state index contributed by atoms with van der Waals surface area (Å²) in [4.78, 5) is 26.0. The molecule has 1 saturated heterocycles. The van der Waals surface area contributed by atoms with Crippen LogP contribution in [0.15, 0.2) is 30.7 Å². The molecule has 2 aromatic rings. The van der Waals surface area contributed by atoms with Gasteiger partial charge in [0.05, 0.1) is 7.11 Å². The Morgan fingerprint density at radius 1 is 1.43 bits per heavy atom. The Morgan fingerprint density at radius 3 is 3.10 bits per heavy atom. The van der Waals surface area contributed by atoms with Gasteiger partial charge in [-0.05, 0) is 18.9 Å². The summed E-state index contributed by atoms with van der Waals surface area (Å²) in [6.07, 6.45) is 7.21. The number of aromatic nitrogens is 3. The highest BCUT2D eigenvalue weighted by Gasteiger charge is 2.26. The van der Waals surface area contributed by atoms with Gasteiger partial charge in [0.25, 0.3) is 5.91 Å². The number of amides is 1. The Hall–Kier alpha value is -2.37. The van der Waals surface area contributed by atoms with Crippen molar-refractivity contribution in [2.24, 2.45) is 0 Å². The van der Waals surface area contributed by atoms with E-state index in [4.69, 9.17) is 4.74 Å². The number of likely N-dealkylation sites (tertiary alicyclic amines) is 1. The molecule has 1 aliphatic rings. The molecular formula is C15H18N4O2. The van der Waals surface area contributed by atoms with E-state index in [1.807, 2.05) is 11.1 Å². The van der Waals surface area contributed by atoms with Crippen LogP contribution in [0.25, 0.3) is 0 Å². The minimum atomic E-state index is 0.0203. The SMILES string of the molecule is COc1cc(C(=O)N2CCC[C@@H](c3ncc[nH]3)C2)ccn1. The van der Waals surface area contributed by atoms with E-state index in [0.717, 1.165) is 25.2 Å². The van der Waals surface area contributed by atoms with Crippen molar-refractivity contribution in [2.45, 2.75) is 18.8 Å². The number of nitrogens with one attached hydrogen (secondary N) is 1. The van der Waals surface area contributed by atoms with Gasteiger partial charge < -0.3 is 14.6 Å². The van der Waals surface area contributed by atoms with Crippen molar-refractivity contribution in [3.63, 3.8) is 0 Å². The van der Waals surface area contributed by atoms with Gasteiger partial charge in [-0.15, -0.1) is 0 Å². The second-order valence-electron chi connectivity index (χ2n) is 5.15. The van der Waals surface area contributed by atoms with Gasteiger partial charge in [-0.1, -0.05) is 0 Å². The molecule has 3 heterocycles. The van der Waals surface area contributed by atoms with Crippen LogP contribution in [0.1, 0.15) is 34.9 Å². The summed E-state index contributed by atoms with van der Waals surface area (Å²) in [6.45, 7) is 1.47. The largest absolute Gasteiger partial charge is 0.481 e. The van der Waals surface area contributed by atoms with Gasteiger partial charge in [0.2, 0.25) is 5.88 Å². The van der Waals surface area contributed by atoms with Crippen molar-refractivity contribution < 1.29 is 9.53 Å². The smallest absolute Gasteiger partial charge is 0.254 e. The lowest BCUT2D eigenvalue weighted by Crippen LogP contribution is -2.39.